The SMILES string of the molecule is CC(=O)[C@]12C(=O)C=CC(=O)[C@H]1CC=C(C)[C@H]2CCOCc1ccccc1. The molecule has 0 amide bonds. The number of carbonyl (C=O) groups is 3. The fourth-order valence-electron chi connectivity index (χ4n) is 4.41. The number of rotatable bonds is 6. The van der Waals surface area contributed by atoms with E-state index in [1.807, 2.05) is 43.3 Å². The highest BCUT2D eigenvalue weighted by Crippen LogP contribution is 2.50. The molecule has 4 heteroatoms. The van der Waals surface area contributed by atoms with Crippen LogP contribution in [-0.4, -0.2) is 24.0 Å². The molecule has 0 aromatic heterocycles. The van der Waals surface area contributed by atoms with Gasteiger partial charge in [0.15, 0.2) is 11.6 Å². The molecule has 0 aliphatic heterocycles. The van der Waals surface area contributed by atoms with Crippen molar-refractivity contribution in [1.29, 1.82) is 0 Å². The summed E-state index contributed by atoms with van der Waals surface area (Å²) in [6.45, 7) is 4.30. The van der Waals surface area contributed by atoms with E-state index in [1.165, 1.54) is 19.1 Å². The van der Waals surface area contributed by atoms with Gasteiger partial charge in [-0.15, -0.1) is 0 Å². The Morgan fingerprint density at radius 1 is 1.19 bits per heavy atom. The maximum absolute atomic E-state index is 12.8. The molecule has 0 saturated heterocycles. The average Bonchev–Trinajstić information content (AvgIpc) is 2.63. The molecule has 0 heterocycles. The molecule has 0 bridgehead atoms. The Kier molecular flexibility index (Phi) is 5.33. The summed E-state index contributed by atoms with van der Waals surface area (Å²) in [4.78, 5) is 37.9. The summed E-state index contributed by atoms with van der Waals surface area (Å²) >= 11 is 0. The van der Waals surface area contributed by atoms with Gasteiger partial charge in [0, 0.05) is 18.4 Å². The average molecular weight is 352 g/mol. The lowest BCUT2D eigenvalue weighted by Gasteiger charge is -2.46. The second-order valence-corrected chi connectivity index (χ2v) is 7.14. The van der Waals surface area contributed by atoms with Crippen LogP contribution in [0.5, 0.6) is 0 Å². The van der Waals surface area contributed by atoms with Crippen LogP contribution in [0.3, 0.4) is 0 Å². The zero-order valence-corrected chi connectivity index (χ0v) is 15.2. The molecule has 0 spiro atoms. The van der Waals surface area contributed by atoms with Crippen molar-refractivity contribution in [2.24, 2.45) is 17.3 Å². The van der Waals surface area contributed by atoms with E-state index < -0.39 is 11.3 Å². The highest BCUT2D eigenvalue weighted by molar-refractivity contribution is 6.20. The zero-order valence-electron chi connectivity index (χ0n) is 15.2. The number of fused-ring (bicyclic) bond motifs is 1. The van der Waals surface area contributed by atoms with Crippen LogP contribution in [0.15, 0.2) is 54.1 Å². The topological polar surface area (TPSA) is 60.4 Å². The number of ketones is 3. The number of hydrogen-bond donors (Lipinski definition) is 0. The van der Waals surface area contributed by atoms with Crippen molar-refractivity contribution in [2.75, 3.05) is 6.61 Å². The first-order chi connectivity index (χ1) is 12.5. The third-order valence-electron chi connectivity index (χ3n) is 5.72. The standard InChI is InChI=1S/C22H24O4/c1-15-8-9-19-20(24)10-11-21(25)22(19,16(2)23)18(15)12-13-26-14-17-6-4-3-5-7-17/h3-8,10-11,18-19H,9,12-14H2,1-2H3/t18-,19-,22-/m1/s1. The van der Waals surface area contributed by atoms with Crippen molar-refractivity contribution >= 4 is 17.3 Å². The van der Waals surface area contributed by atoms with Gasteiger partial charge in [0.25, 0.3) is 0 Å². The molecule has 0 N–H and O–H groups in total. The van der Waals surface area contributed by atoms with Crippen LogP contribution in [0.4, 0.5) is 0 Å². The van der Waals surface area contributed by atoms with Crippen LogP contribution < -0.4 is 0 Å². The molecule has 0 fully saturated rings. The first-order valence-corrected chi connectivity index (χ1v) is 9.03. The van der Waals surface area contributed by atoms with Crippen molar-refractivity contribution in [2.45, 2.75) is 33.3 Å². The Morgan fingerprint density at radius 3 is 2.62 bits per heavy atom. The van der Waals surface area contributed by atoms with Gasteiger partial charge in [-0.1, -0.05) is 42.0 Å². The van der Waals surface area contributed by atoms with Crippen molar-refractivity contribution in [3.8, 4) is 0 Å². The van der Waals surface area contributed by atoms with E-state index in [0.29, 0.717) is 26.1 Å². The van der Waals surface area contributed by atoms with Crippen LogP contribution in [-0.2, 0) is 25.7 Å². The van der Waals surface area contributed by atoms with Crippen LogP contribution in [0.1, 0.15) is 32.3 Å². The molecule has 2 aliphatic rings. The van der Waals surface area contributed by atoms with Crippen LogP contribution in [0.2, 0.25) is 0 Å². The van der Waals surface area contributed by atoms with E-state index in [2.05, 4.69) is 0 Å². The summed E-state index contributed by atoms with van der Waals surface area (Å²) in [5, 5.41) is 0. The quantitative estimate of drug-likeness (QED) is 0.447. The fourth-order valence-corrected chi connectivity index (χ4v) is 4.41. The van der Waals surface area contributed by atoms with Crippen molar-refractivity contribution in [3.63, 3.8) is 0 Å². The van der Waals surface area contributed by atoms with Gasteiger partial charge >= 0.3 is 0 Å². The normalized spacial score (nSPS) is 27.8. The van der Waals surface area contributed by atoms with E-state index in [4.69, 9.17) is 4.74 Å². The Hall–Kier alpha value is -2.33. The van der Waals surface area contributed by atoms with Gasteiger partial charge in [0.05, 0.1) is 6.61 Å². The summed E-state index contributed by atoms with van der Waals surface area (Å²) < 4.78 is 5.78. The van der Waals surface area contributed by atoms with Crippen LogP contribution in [0, 0.1) is 17.3 Å². The minimum absolute atomic E-state index is 0.126. The lowest BCUT2D eigenvalue weighted by molar-refractivity contribution is -0.151. The smallest absolute Gasteiger partial charge is 0.170 e. The Labute approximate surface area is 153 Å². The van der Waals surface area contributed by atoms with Gasteiger partial charge in [0.1, 0.15) is 11.2 Å². The van der Waals surface area contributed by atoms with Gasteiger partial charge in [0.2, 0.25) is 0 Å². The van der Waals surface area contributed by atoms with E-state index in [9.17, 15) is 14.4 Å². The molecule has 0 radical (unpaired) electrons. The lowest BCUT2D eigenvalue weighted by Crippen LogP contribution is -2.55. The van der Waals surface area contributed by atoms with Crippen LogP contribution in [0.25, 0.3) is 0 Å². The second kappa shape index (κ2) is 7.50. The summed E-state index contributed by atoms with van der Waals surface area (Å²) in [7, 11) is 0. The molecular weight excluding hydrogens is 328 g/mol. The third kappa shape index (κ3) is 3.10. The Balaban J connectivity index is 1.79. The van der Waals surface area contributed by atoms with Crippen molar-refractivity contribution in [3.05, 3.63) is 59.7 Å². The molecule has 4 nitrogen and oxygen atoms in total. The second-order valence-electron chi connectivity index (χ2n) is 7.14. The summed E-state index contributed by atoms with van der Waals surface area (Å²) in [5.74, 6) is -1.46. The largest absolute Gasteiger partial charge is 0.377 e. The molecule has 0 unspecified atom stereocenters. The first kappa shape index (κ1) is 18.5. The monoisotopic (exact) mass is 352 g/mol. The molecular formula is C22H24O4. The molecule has 136 valence electrons. The number of carbonyl (C=O) groups excluding carboxylic acids is 3. The molecule has 2 aliphatic carbocycles. The third-order valence-corrected chi connectivity index (χ3v) is 5.72. The van der Waals surface area contributed by atoms with E-state index in [-0.39, 0.29) is 23.3 Å². The number of hydrogen-bond acceptors (Lipinski definition) is 4. The molecule has 3 rings (SSSR count). The molecule has 1 aromatic carbocycles. The molecule has 1 aromatic rings. The highest BCUT2D eigenvalue weighted by Gasteiger charge is 2.58. The Bertz CT molecular complexity index is 775. The van der Waals surface area contributed by atoms with Gasteiger partial charge in [-0.05, 0) is 44.4 Å². The van der Waals surface area contributed by atoms with E-state index in [1.54, 1.807) is 0 Å². The maximum Gasteiger partial charge on any atom is 0.170 e. The predicted octanol–water partition coefficient (Wildman–Crippen LogP) is 3.46. The van der Waals surface area contributed by atoms with Gasteiger partial charge in [-0.25, -0.2) is 0 Å². The minimum Gasteiger partial charge on any atom is -0.377 e. The lowest BCUT2D eigenvalue weighted by atomic mass is 9.53. The highest BCUT2D eigenvalue weighted by atomic mass is 16.5. The zero-order chi connectivity index (χ0) is 18.7. The van der Waals surface area contributed by atoms with Crippen molar-refractivity contribution in [1.82, 2.24) is 0 Å². The minimum atomic E-state index is -1.26. The number of ether oxygens (including phenoxy) is 1. The van der Waals surface area contributed by atoms with Crippen molar-refractivity contribution < 1.29 is 19.1 Å². The molecule has 0 saturated carbocycles. The molecule has 26 heavy (non-hydrogen) atoms. The van der Waals surface area contributed by atoms with E-state index >= 15 is 0 Å². The molecule has 3 atom stereocenters. The van der Waals surface area contributed by atoms with Gasteiger partial charge in [-0.3, -0.25) is 14.4 Å². The predicted molar refractivity (Wildman–Crippen MR) is 98.3 cm³/mol. The fraction of sp³-hybridized carbons (Fsp3) is 0.409. The number of allylic oxidation sites excluding steroid dienone is 4. The van der Waals surface area contributed by atoms with Gasteiger partial charge in [-0.2, -0.15) is 0 Å². The van der Waals surface area contributed by atoms with Crippen LogP contribution >= 0.6 is 0 Å². The summed E-state index contributed by atoms with van der Waals surface area (Å²) in [6.07, 6.45) is 5.60. The summed E-state index contributed by atoms with van der Waals surface area (Å²) in [5.41, 5.74) is 0.812. The maximum atomic E-state index is 12.8. The number of benzene rings is 1. The first-order valence-electron chi connectivity index (χ1n) is 9.03. The van der Waals surface area contributed by atoms with Gasteiger partial charge < -0.3 is 4.74 Å². The summed E-state index contributed by atoms with van der Waals surface area (Å²) in [6, 6.07) is 9.86. The number of Topliss-reactive ketones (excluding diaryl/α,β-unsaturated/α-hetero) is 1. The Morgan fingerprint density at radius 2 is 1.92 bits per heavy atom. The van der Waals surface area contributed by atoms with E-state index in [0.717, 1.165) is 11.1 Å².